The van der Waals surface area contributed by atoms with Gasteiger partial charge in [-0.05, 0) is 74.4 Å². The maximum atomic E-state index is 13.2. The van der Waals surface area contributed by atoms with Gasteiger partial charge in [-0.25, -0.2) is 4.39 Å². The molecule has 2 unspecified atom stereocenters. The third-order valence-electron chi connectivity index (χ3n) is 3.90. The molecule has 1 aromatic carbocycles. The summed E-state index contributed by atoms with van der Waals surface area (Å²) in [6.07, 6.45) is 4.78. The van der Waals surface area contributed by atoms with Crippen molar-refractivity contribution in [3.05, 3.63) is 34.1 Å². The smallest absolute Gasteiger partial charge is 0.123 e. The van der Waals surface area contributed by atoms with Crippen LogP contribution in [-0.4, -0.2) is 13.1 Å². The van der Waals surface area contributed by atoms with Crippen LogP contribution in [0.2, 0.25) is 0 Å². The highest BCUT2D eigenvalue weighted by Gasteiger charge is 2.30. The Morgan fingerprint density at radius 2 is 2.11 bits per heavy atom. The molecule has 0 aliphatic heterocycles. The number of rotatable bonds is 6. The summed E-state index contributed by atoms with van der Waals surface area (Å²) in [5, 5.41) is 3.49. The van der Waals surface area contributed by atoms with Crippen molar-refractivity contribution in [2.75, 3.05) is 13.1 Å². The van der Waals surface area contributed by atoms with E-state index >= 15 is 0 Å². The lowest BCUT2D eigenvalue weighted by molar-refractivity contribution is 0.171. The predicted octanol–water partition coefficient (Wildman–Crippen LogP) is 4.16. The van der Waals surface area contributed by atoms with Crippen molar-refractivity contribution in [2.45, 2.75) is 32.6 Å². The number of hydrogen-bond donors (Lipinski definition) is 1. The monoisotopic (exact) mass is 313 g/mol. The first-order chi connectivity index (χ1) is 8.70. The molecule has 0 radical (unpaired) electrons. The first kappa shape index (κ1) is 14.0. The Labute approximate surface area is 117 Å². The predicted molar refractivity (Wildman–Crippen MR) is 77.2 cm³/mol. The Kier molecular flexibility index (Phi) is 5.19. The van der Waals surface area contributed by atoms with Gasteiger partial charge in [0.2, 0.25) is 0 Å². The van der Waals surface area contributed by atoms with Crippen LogP contribution in [0.1, 0.15) is 31.7 Å². The minimum Gasteiger partial charge on any atom is -0.316 e. The van der Waals surface area contributed by atoms with Crippen molar-refractivity contribution in [1.82, 2.24) is 5.32 Å². The quantitative estimate of drug-likeness (QED) is 0.778. The summed E-state index contributed by atoms with van der Waals surface area (Å²) in [6, 6.07) is 4.99. The van der Waals surface area contributed by atoms with Crippen LogP contribution in [0.25, 0.3) is 0 Å². The van der Waals surface area contributed by atoms with Crippen molar-refractivity contribution in [3.63, 3.8) is 0 Å². The summed E-state index contributed by atoms with van der Waals surface area (Å²) in [5.74, 6) is 1.35. The van der Waals surface area contributed by atoms with Gasteiger partial charge in [0.05, 0.1) is 0 Å². The molecule has 18 heavy (non-hydrogen) atoms. The van der Waals surface area contributed by atoms with Gasteiger partial charge in [-0.3, -0.25) is 0 Å². The van der Waals surface area contributed by atoms with Crippen LogP contribution < -0.4 is 5.32 Å². The SMILES string of the molecule is CCCNCC1CCC1Cc1cc(F)ccc1Br. The molecule has 100 valence electrons. The number of hydrogen-bond acceptors (Lipinski definition) is 1. The third-order valence-corrected chi connectivity index (χ3v) is 4.67. The van der Waals surface area contributed by atoms with Crippen LogP contribution in [0.4, 0.5) is 4.39 Å². The molecule has 0 saturated heterocycles. The van der Waals surface area contributed by atoms with E-state index in [4.69, 9.17) is 0 Å². The zero-order chi connectivity index (χ0) is 13.0. The van der Waals surface area contributed by atoms with Gasteiger partial charge >= 0.3 is 0 Å². The molecular weight excluding hydrogens is 293 g/mol. The Morgan fingerprint density at radius 3 is 2.78 bits per heavy atom. The highest BCUT2D eigenvalue weighted by atomic mass is 79.9. The van der Waals surface area contributed by atoms with Crippen molar-refractivity contribution in [2.24, 2.45) is 11.8 Å². The zero-order valence-electron chi connectivity index (χ0n) is 10.9. The fourth-order valence-electron chi connectivity index (χ4n) is 2.62. The van der Waals surface area contributed by atoms with Gasteiger partial charge in [0.15, 0.2) is 0 Å². The van der Waals surface area contributed by atoms with Gasteiger partial charge in [0.1, 0.15) is 5.82 Å². The Bertz CT molecular complexity index is 394. The van der Waals surface area contributed by atoms with E-state index in [1.54, 1.807) is 6.07 Å². The lowest BCUT2D eigenvalue weighted by atomic mass is 9.70. The number of benzene rings is 1. The molecule has 1 saturated carbocycles. The highest BCUT2D eigenvalue weighted by Crippen LogP contribution is 2.37. The maximum Gasteiger partial charge on any atom is 0.123 e. The molecule has 1 nitrogen and oxygen atoms in total. The lowest BCUT2D eigenvalue weighted by Crippen LogP contribution is -2.36. The molecule has 0 spiro atoms. The van der Waals surface area contributed by atoms with Crippen LogP contribution in [0.15, 0.2) is 22.7 Å². The fraction of sp³-hybridized carbons (Fsp3) is 0.600. The van der Waals surface area contributed by atoms with Gasteiger partial charge in [-0.2, -0.15) is 0 Å². The van der Waals surface area contributed by atoms with Crippen LogP contribution in [0, 0.1) is 17.7 Å². The third kappa shape index (κ3) is 3.55. The summed E-state index contributed by atoms with van der Waals surface area (Å²) in [6.45, 7) is 4.41. The molecule has 1 fully saturated rings. The van der Waals surface area contributed by atoms with Gasteiger partial charge in [0, 0.05) is 4.47 Å². The topological polar surface area (TPSA) is 12.0 Å². The van der Waals surface area contributed by atoms with Crippen LogP contribution >= 0.6 is 15.9 Å². The highest BCUT2D eigenvalue weighted by molar-refractivity contribution is 9.10. The molecule has 0 heterocycles. The second-order valence-corrected chi connectivity index (χ2v) is 6.10. The summed E-state index contributed by atoms with van der Waals surface area (Å²) >= 11 is 3.51. The standard InChI is InChI=1S/C15H21BrFN/c1-2-7-18-10-12-4-3-11(12)8-13-9-14(17)5-6-15(13)16/h5-6,9,11-12,18H,2-4,7-8,10H2,1H3. The van der Waals surface area contributed by atoms with E-state index in [2.05, 4.69) is 28.2 Å². The minimum absolute atomic E-state index is 0.131. The van der Waals surface area contributed by atoms with E-state index in [0.29, 0.717) is 5.92 Å². The van der Waals surface area contributed by atoms with E-state index in [9.17, 15) is 4.39 Å². The second-order valence-electron chi connectivity index (χ2n) is 5.24. The normalized spacial score (nSPS) is 22.8. The summed E-state index contributed by atoms with van der Waals surface area (Å²) in [5.41, 5.74) is 1.11. The summed E-state index contributed by atoms with van der Waals surface area (Å²) < 4.78 is 14.3. The maximum absolute atomic E-state index is 13.2. The van der Waals surface area contributed by atoms with Crippen molar-refractivity contribution < 1.29 is 4.39 Å². The molecule has 0 bridgehead atoms. The molecule has 1 aliphatic rings. The molecule has 3 heteroatoms. The molecule has 1 aromatic rings. The van der Waals surface area contributed by atoms with Gasteiger partial charge in [0.25, 0.3) is 0 Å². The number of nitrogens with one attached hydrogen (secondary N) is 1. The van der Waals surface area contributed by atoms with E-state index in [1.165, 1.54) is 25.3 Å². The van der Waals surface area contributed by atoms with Crippen LogP contribution in [0.5, 0.6) is 0 Å². The number of halogens is 2. The molecule has 1 N–H and O–H groups in total. The van der Waals surface area contributed by atoms with Crippen LogP contribution in [-0.2, 0) is 6.42 Å². The van der Waals surface area contributed by atoms with Crippen molar-refractivity contribution >= 4 is 15.9 Å². The molecule has 2 atom stereocenters. The average molecular weight is 314 g/mol. The lowest BCUT2D eigenvalue weighted by Gasteiger charge is -2.37. The summed E-state index contributed by atoms with van der Waals surface area (Å²) in [4.78, 5) is 0. The van der Waals surface area contributed by atoms with E-state index in [1.807, 2.05) is 6.07 Å². The zero-order valence-corrected chi connectivity index (χ0v) is 12.5. The van der Waals surface area contributed by atoms with E-state index in [0.717, 1.165) is 35.5 Å². The Balaban J connectivity index is 1.87. The Morgan fingerprint density at radius 1 is 1.33 bits per heavy atom. The largest absolute Gasteiger partial charge is 0.316 e. The van der Waals surface area contributed by atoms with Crippen LogP contribution in [0.3, 0.4) is 0 Å². The molecular formula is C15H21BrFN. The van der Waals surface area contributed by atoms with Gasteiger partial charge in [-0.15, -0.1) is 0 Å². The molecule has 0 amide bonds. The summed E-state index contributed by atoms with van der Waals surface area (Å²) in [7, 11) is 0. The Hall–Kier alpha value is -0.410. The van der Waals surface area contributed by atoms with Gasteiger partial charge in [-0.1, -0.05) is 22.9 Å². The van der Waals surface area contributed by atoms with E-state index < -0.39 is 0 Å². The first-order valence-electron chi connectivity index (χ1n) is 6.85. The average Bonchev–Trinajstić information content (AvgIpc) is 2.34. The first-order valence-corrected chi connectivity index (χ1v) is 7.64. The molecule has 2 rings (SSSR count). The molecule has 0 aromatic heterocycles. The molecule has 1 aliphatic carbocycles. The second kappa shape index (κ2) is 6.67. The fourth-order valence-corrected chi connectivity index (χ4v) is 3.03. The van der Waals surface area contributed by atoms with Crippen molar-refractivity contribution in [3.8, 4) is 0 Å². The van der Waals surface area contributed by atoms with Crippen molar-refractivity contribution in [1.29, 1.82) is 0 Å². The van der Waals surface area contributed by atoms with Gasteiger partial charge < -0.3 is 5.32 Å². The van der Waals surface area contributed by atoms with E-state index in [-0.39, 0.29) is 5.82 Å². The minimum atomic E-state index is -0.131.